The Morgan fingerprint density at radius 2 is 2.00 bits per heavy atom. The van der Waals surface area contributed by atoms with E-state index in [0.29, 0.717) is 22.9 Å². The van der Waals surface area contributed by atoms with E-state index in [1.54, 1.807) is 12.1 Å². The summed E-state index contributed by atoms with van der Waals surface area (Å²) in [6.45, 7) is 8.79. The lowest BCUT2D eigenvalue weighted by Crippen LogP contribution is -2.39. The second kappa shape index (κ2) is 6.69. The molecular weight excluding hydrogens is 263 g/mol. The molecule has 1 aromatic carbocycles. The van der Waals surface area contributed by atoms with Crippen LogP contribution < -0.4 is 11.3 Å². The van der Waals surface area contributed by atoms with Crippen molar-refractivity contribution in [2.75, 3.05) is 0 Å². The van der Waals surface area contributed by atoms with Crippen molar-refractivity contribution < 1.29 is 4.39 Å². The van der Waals surface area contributed by atoms with Crippen LogP contribution in [0.3, 0.4) is 0 Å². The topological polar surface area (TPSA) is 38.0 Å². The van der Waals surface area contributed by atoms with Crippen LogP contribution in [0.1, 0.15) is 39.7 Å². The van der Waals surface area contributed by atoms with Gasteiger partial charge in [0.15, 0.2) is 0 Å². The van der Waals surface area contributed by atoms with Gasteiger partial charge in [-0.1, -0.05) is 39.3 Å². The fourth-order valence-electron chi connectivity index (χ4n) is 1.96. The van der Waals surface area contributed by atoms with E-state index in [1.807, 2.05) is 0 Å². The summed E-state index contributed by atoms with van der Waals surface area (Å²) in [7, 11) is 0. The highest BCUT2D eigenvalue weighted by atomic mass is 35.5. The van der Waals surface area contributed by atoms with Crippen LogP contribution in [0, 0.1) is 17.2 Å². The van der Waals surface area contributed by atoms with Crippen molar-refractivity contribution in [3.8, 4) is 0 Å². The molecule has 0 aliphatic carbocycles. The number of halogens is 2. The highest BCUT2D eigenvalue weighted by Crippen LogP contribution is 2.30. The van der Waals surface area contributed by atoms with Gasteiger partial charge in [0.05, 0.1) is 0 Å². The Morgan fingerprint density at radius 1 is 1.37 bits per heavy atom. The van der Waals surface area contributed by atoms with Gasteiger partial charge in [0.1, 0.15) is 5.82 Å². The lowest BCUT2D eigenvalue weighted by atomic mass is 9.78. The Kier molecular flexibility index (Phi) is 5.78. The Bertz CT molecular complexity index is 415. The number of nitrogens with one attached hydrogen (secondary N) is 1. The van der Waals surface area contributed by atoms with E-state index < -0.39 is 0 Å². The van der Waals surface area contributed by atoms with Crippen LogP contribution in [0.25, 0.3) is 0 Å². The quantitative estimate of drug-likeness (QED) is 0.636. The maximum absolute atomic E-state index is 13.7. The molecule has 0 aromatic heterocycles. The normalized spacial score (nSPS) is 15.3. The average molecular weight is 287 g/mol. The first kappa shape index (κ1) is 16.4. The molecule has 2 nitrogen and oxygen atoms in total. The fraction of sp³-hybridized carbons (Fsp3) is 0.600. The number of hydrazine groups is 1. The van der Waals surface area contributed by atoms with Crippen molar-refractivity contribution in [1.82, 2.24) is 5.43 Å². The predicted octanol–water partition coefficient (Wildman–Crippen LogP) is 3.93. The van der Waals surface area contributed by atoms with Crippen LogP contribution in [-0.2, 0) is 6.42 Å². The summed E-state index contributed by atoms with van der Waals surface area (Å²) >= 11 is 5.90. The van der Waals surface area contributed by atoms with E-state index in [0.717, 1.165) is 6.42 Å². The molecule has 1 aromatic rings. The Morgan fingerprint density at radius 3 is 2.53 bits per heavy atom. The minimum atomic E-state index is -0.229. The maximum atomic E-state index is 13.7. The number of hydrogen-bond acceptors (Lipinski definition) is 2. The monoisotopic (exact) mass is 286 g/mol. The van der Waals surface area contributed by atoms with Gasteiger partial charge in [-0.2, -0.15) is 0 Å². The number of benzene rings is 1. The largest absolute Gasteiger partial charge is 0.271 e. The zero-order valence-electron chi connectivity index (χ0n) is 12.1. The molecule has 0 fully saturated rings. The molecule has 0 aliphatic heterocycles. The molecule has 0 aliphatic rings. The van der Waals surface area contributed by atoms with Crippen molar-refractivity contribution >= 4 is 11.6 Å². The molecule has 0 saturated heterocycles. The van der Waals surface area contributed by atoms with Crippen LogP contribution in [0.5, 0.6) is 0 Å². The van der Waals surface area contributed by atoms with E-state index in [4.69, 9.17) is 17.4 Å². The molecule has 4 heteroatoms. The summed E-state index contributed by atoms with van der Waals surface area (Å²) in [6, 6.07) is 4.67. The lowest BCUT2D eigenvalue weighted by molar-refractivity contribution is 0.222. The summed E-state index contributed by atoms with van der Waals surface area (Å²) in [5.41, 5.74) is 3.61. The van der Waals surface area contributed by atoms with Crippen molar-refractivity contribution in [2.45, 2.75) is 46.6 Å². The smallest absolute Gasteiger partial charge is 0.126 e. The summed E-state index contributed by atoms with van der Waals surface area (Å²) in [4.78, 5) is 0. The maximum Gasteiger partial charge on any atom is 0.126 e. The Balaban J connectivity index is 2.74. The van der Waals surface area contributed by atoms with Crippen molar-refractivity contribution in [3.63, 3.8) is 0 Å². The van der Waals surface area contributed by atoms with E-state index in [9.17, 15) is 4.39 Å². The van der Waals surface area contributed by atoms with Gasteiger partial charge in [0.2, 0.25) is 0 Å². The molecule has 19 heavy (non-hydrogen) atoms. The highest BCUT2D eigenvalue weighted by Gasteiger charge is 2.23. The molecule has 0 amide bonds. The number of nitrogens with two attached hydrogens (primary N) is 1. The van der Waals surface area contributed by atoms with E-state index >= 15 is 0 Å². The van der Waals surface area contributed by atoms with E-state index in [1.165, 1.54) is 6.07 Å². The van der Waals surface area contributed by atoms with Gasteiger partial charge in [0.25, 0.3) is 0 Å². The van der Waals surface area contributed by atoms with Gasteiger partial charge in [0, 0.05) is 11.1 Å². The van der Waals surface area contributed by atoms with Gasteiger partial charge in [-0.05, 0) is 47.9 Å². The molecule has 0 heterocycles. The average Bonchev–Trinajstić information content (AvgIpc) is 2.31. The first-order valence-corrected chi connectivity index (χ1v) is 7.02. The minimum absolute atomic E-state index is 0.0437. The summed E-state index contributed by atoms with van der Waals surface area (Å²) in [6.07, 6.45) is 1.44. The molecule has 2 atom stereocenters. The van der Waals surface area contributed by atoms with Crippen LogP contribution >= 0.6 is 11.6 Å². The molecule has 1 rings (SSSR count). The molecule has 0 bridgehead atoms. The van der Waals surface area contributed by atoms with Gasteiger partial charge in [-0.15, -0.1) is 0 Å². The van der Waals surface area contributed by atoms with Gasteiger partial charge in [-0.3, -0.25) is 11.3 Å². The third kappa shape index (κ3) is 5.09. The van der Waals surface area contributed by atoms with Crippen molar-refractivity contribution in [1.29, 1.82) is 0 Å². The van der Waals surface area contributed by atoms with Crippen LogP contribution in [0.4, 0.5) is 4.39 Å². The Labute approximate surface area is 120 Å². The summed E-state index contributed by atoms with van der Waals surface area (Å²) in [5, 5.41) is 0.552. The van der Waals surface area contributed by atoms with Gasteiger partial charge >= 0.3 is 0 Å². The van der Waals surface area contributed by atoms with Gasteiger partial charge in [-0.25, -0.2) is 4.39 Å². The van der Waals surface area contributed by atoms with E-state index in [-0.39, 0.29) is 17.3 Å². The number of hydrogen-bond donors (Lipinski definition) is 2. The minimum Gasteiger partial charge on any atom is -0.271 e. The second-order valence-corrected chi connectivity index (χ2v) is 6.74. The van der Waals surface area contributed by atoms with Crippen LogP contribution in [0.2, 0.25) is 5.02 Å². The van der Waals surface area contributed by atoms with Crippen LogP contribution in [-0.4, -0.2) is 6.04 Å². The molecule has 0 saturated carbocycles. The fourth-order valence-corrected chi connectivity index (χ4v) is 2.15. The first-order valence-electron chi connectivity index (χ1n) is 6.64. The Hall–Kier alpha value is -0.640. The zero-order valence-corrected chi connectivity index (χ0v) is 12.9. The summed E-state index contributed by atoms with van der Waals surface area (Å²) < 4.78 is 13.7. The molecule has 3 N–H and O–H groups in total. The highest BCUT2D eigenvalue weighted by molar-refractivity contribution is 6.30. The molecular formula is C15H24ClFN2. The molecule has 2 unspecified atom stereocenters. The molecule has 108 valence electrons. The van der Waals surface area contributed by atoms with E-state index in [2.05, 4.69) is 33.1 Å². The first-order chi connectivity index (χ1) is 8.74. The third-order valence-electron chi connectivity index (χ3n) is 3.83. The van der Waals surface area contributed by atoms with Crippen molar-refractivity contribution in [3.05, 3.63) is 34.6 Å². The van der Waals surface area contributed by atoms with Gasteiger partial charge < -0.3 is 0 Å². The van der Waals surface area contributed by atoms with Crippen LogP contribution in [0.15, 0.2) is 18.2 Å². The lowest BCUT2D eigenvalue weighted by Gasteiger charge is -2.30. The molecule has 0 spiro atoms. The standard InChI is InChI=1S/C15H24ClFN2/c1-10(15(2,3)4)7-13(19-18)9-11-8-12(16)5-6-14(11)17/h5-6,8,10,13,19H,7,9,18H2,1-4H3. The summed E-state index contributed by atoms with van der Waals surface area (Å²) in [5.74, 6) is 5.85. The molecule has 0 radical (unpaired) electrons. The SMILES string of the molecule is CC(CC(Cc1cc(Cl)ccc1F)NN)C(C)(C)C. The number of rotatable bonds is 5. The van der Waals surface area contributed by atoms with Crippen molar-refractivity contribution in [2.24, 2.45) is 17.2 Å². The predicted molar refractivity (Wildman–Crippen MR) is 79.5 cm³/mol. The zero-order chi connectivity index (χ0) is 14.6. The second-order valence-electron chi connectivity index (χ2n) is 6.31. The third-order valence-corrected chi connectivity index (χ3v) is 4.06.